The summed E-state index contributed by atoms with van der Waals surface area (Å²) in [5.41, 5.74) is 0.814. The molecule has 0 saturated heterocycles. The molecule has 4 rings (SSSR count). The summed E-state index contributed by atoms with van der Waals surface area (Å²) in [6.07, 6.45) is -4.43. The Kier molecular flexibility index (Phi) is 5.24. The SMILES string of the molecule is O=[S@](c1ccc(C(F)(F)F)cc1)c1ccccc1C1=N[C@@H](c2ccccc2)CO1. The van der Waals surface area contributed by atoms with Crippen LogP contribution in [0.3, 0.4) is 0 Å². The fraction of sp³-hybridized carbons (Fsp3) is 0.136. The van der Waals surface area contributed by atoms with Gasteiger partial charge < -0.3 is 4.74 Å². The van der Waals surface area contributed by atoms with E-state index in [0.717, 1.165) is 17.7 Å². The summed E-state index contributed by atoms with van der Waals surface area (Å²) in [5.74, 6) is 0.384. The topological polar surface area (TPSA) is 38.7 Å². The van der Waals surface area contributed by atoms with Crippen LogP contribution < -0.4 is 0 Å². The van der Waals surface area contributed by atoms with Crippen molar-refractivity contribution in [3.05, 3.63) is 95.6 Å². The van der Waals surface area contributed by atoms with Crippen molar-refractivity contribution in [3.63, 3.8) is 0 Å². The molecule has 0 amide bonds. The van der Waals surface area contributed by atoms with Crippen LogP contribution in [0.25, 0.3) is 0 Å². The Bertz CT molecular complexity index is 1060. The maximum Gasteiger partial charge on any atom is 0.416 e. The molecular formula is C22H16F3NO2S. The van der Waals surface area contributed by atoms with Crippen LogP contribution in [0.15, 0.2) is 93.6 Å². The van der Waals surface area contributed by atoms with Gasteiger partial charge in [-0.15, -0.1) is 0 Å². The number of ether oxygens (including phenoxy) is 1. The molecule has 29 heavy (non-hydrogen) atoms. The zero-order valence-electron chi connectivity index (χ0n) is 15.1. The lowest BCUT2D eigenvalue weighted by atomic mass is 10.1. The quantitative estimate of drug-likeness (QED) is 0.573. The van der Waals surface area contributed by atoms with Crippen molar-refractivity contribution in [3.8, 4) is 0 Å². The van der Waals surface area contributed by atoms with Gasteiger partial charge in [-0.3, -0.25) is 0 Å². The third kappa shape index (κ3) is 4.10. The van der Waals surface area contributed by atoms with E-state index < -0.39 is 22.5 Å². The molecule has 0 saturated carbocycles. The minimum atomic E-state index is -4.43. The summed E-state index contributed by atoms with van der Waals surface area (Å²) in [4.78, 5) is 5.35. The molecule has 148 valence electrons. The van der Waals surface area contributed by atoms with Gasteiger partial charge in [0.25, 0.3) is 0 Å². The highest BCUT2D eigenvalue weighted by Crippen LogP contribution is 2.31. The molecule has 0 N–H and O–H groups in total. The van der Waals surface area contributed by atoms with Gasteiger partial charge in [-0.1, -0.05) is 42.5 Å². The number of nitrogens with zero attached hydrogens (tertiary/aromatic N) is 1. The number of aliphatic imine (C=N–C) groups is 1. The molecule has 0 unspecified atom stereocenters. The summed E-state index contributed by atoms with van der Waals surface area (Å²) in [6.45, 7) is 0.376. The zero-order chi connectivity index (χ0) is 20.4. The summed E-state index contributed by atoms with van der Waals surface area (Å²) >= 11 is 0. The lowest BCUT2D eigenvalue weighted by Gasteiger charge is -2.10. The van der Waals surface area contributed by atoms with Crippen molar-refractivity contribution in [1.82, 2.24) is 0 Å². The molecule has 7 heteroatoms. The Morgan fingerprint density at radius 3 is 2.24 bits per heavy atom. The van der Waals surface area contributed by atoms with Crippen LogP contribution in [-0.4, -0.2) is 16.7 Å². The predicted octanol–water partition coefficient (Wildman–Crippen LogP) is 5.39. The van der Waals surface area contributed by atoms with Gasteiger partial charge in [-0.25, -0.2) is 9.20 Å². The number of benzene rings is 3. The molecular weight excluding hydrogens is 399 g/mol. The van der Waals surface area contributed by atoms with Gasteiger partial charge in [-0.2, -0.15) is 13.2 Å². The van der Waals surface area contributed by atoms with Gasteiger partial charge >= 0.3 is 6.18 Å². The monoisotopic (exact) mass is 415 g/mol. The Balaban J connectivity index is 1.64. The molecule has 0 bridgehead atoms. The second kappa shape index (κ2) is 7.83. The second-order valence-electron chi connectivity index (χ2n) is 6.46. The normalized spacial score (nSPS) is 17.5. The van der Waals surface area contributed by atoms with Crippen LogP contribution in [0.1, 0.15) is 22.7 Å². The largest absolute Gasteiger partial charge is 0.475 e. The molecule has 0 spiro atoms. The molecule has 0 aliphatic carbocycles. The molecule has 2 atom stereocenters. The van der Waals surface area contributed by atoms with Crippen LogP contribution in [0.2, 0.25) is 0 Å². The van der Waals surface area contributed by atoms with Crippen molar-refractivity contribution in [2.24, 2.45) is 4.99 Å². The van der Waals surface area contributed by atoms with Gasteiger partial charge in [-0.05, 0) is 42.0 Å². The Labute approximate surface area is 168 Å². The van der Waals surface area contributed by atoms with E-state index in [1.54, 1.807) is 24.3 Å². The summed E-state index contributed by atoms with van der Waals surface area (Å²) in [7, 11) is -1.67. The Hall–Kier alpha value is -2.93. The second-order valence-corrected chi connectivity index (χ2v) is 7.91. The van der Waals surface area contributed by atoms with Gasteiger partial charge in [0.15, 0.2) is 0 Å². The molecule has 3 aromatic carbocycles. The molecule has 0 aromatic heterocycles. The van der Waals surface area contributed by atoms with E-state index in [1.807, 2.05) is 30.3 Å². The number of hydrogen-bond donors (Lipinski definition) is 0. The molecule has 3 nitrogen and oxygen atoms in total. The van der Waals surface area contributed by atoms with Crippen LogP contribution >= 0.6 is 0 Å². The molecule has 1 aliphatic rings. The predicted molar refractivity (Wildman–Crippen MR) is 104 cm³/mol. The van der Waals surface area contributed by atoms with Crippen LogP contribution in [-0.2, 0) is 21.7 Å². The zero-order valence-corrected chi connectivity index (χ0v) is 15.9. The lowest BCUT2D eigenvalue weighted by molar-refractivity contribution is -0.137. The minimum absolute atomic E-state index is 0.154. The van der Waals surface area contributed by atoms with Gasteiger partial charge in [0.2, 0.25) is 5.90 Å². The van der Waals surface area contributed by atoms with Crippen molar-refractivity contribution in [1.29, 1.82) is 0 Å². The molecule has 0 radical (unpaired) electrons. The molecule has 1 aliphatic heterocycles. The first-order chi connectivity index (χ1) is 13.9. The van der Waals surface area contributed by atoms with Crippen molar-refractivity contribution in [2.75, 3.05) is 6.61 Å². The molecule has 0 fully saturated rings. The summed E-state index contributed by atoms with van der Waals surface area (Å²) < 4.78 is 57.2. The standard InChI is InChI=1S/C22H16F3NO2S/c23-22(24,25)16-10-12-17(13-11-16)29(27)20-9-5-4-8-18(20)21-26-19(14-28-21)15-6-2-1-3-7-15/h1-13,19H,14H2/t19-,29-/m1/s1. The van der Waals surface area contributed by atoms with Crippen molar-refractivity contribution < 1.29 is 22.1 Å². The third-order valence-corrected chi connectivity index (χ3v) is 6.00. The van der Waals surface area contributed by atoms with Crippen LogP contribution in [0.5, 0.6) is 0 Å². The highest BCUT2D eigenvalue weighted by molar-refractivity contribution is 7.85. The van der Waals surface area contributed by atoms with E-state index in [-0.39, 0.29) is 10.9 Å². The van der Waals surface area contributed by atoms with Crippen molar-refractivity contribution >= 4 is 16.7 Å². The fourth-order valence-electron chi connectivity index (χ4n) is 3.07. The third-order valence-electron chi connectivity index (χ3n) is 4.55. The van der Waals surface area contributed by atoms with E-state index in [0.29, 0.717) is 23.0 Å². The number of hydrogen-bond acceptors (Lipinski definition) is 3. The van der Waals surface area contributed by atoms with Gasteiger partial charge in [0.05, 0.1) is 26.8 Å². The first kappa shape index (κ1) is 19.4. The van der Waals surface area contributed by atoms with Crippen LogP contribution in [0.4, 0.5) is 13.2 Å². The van der Waals surface area contributed by atoms with E-state index >= 15 is 0 Å². The number of rotatable bonds is 4. The van der Waals surface area contributed by atoms with Crippen LogP contribution in [0, 0.1) is 0 Å². The maximum atomic E-state index is 13.1. The highest BCUT2D eigenvalue weighted by atomic mass is 32.2. The van der Waals surface area contributed by atoms with E-state index in [4.69, 9.17) is 4.74 Å². The van der Waals surface area contributed by atoms with Gasteiger partial charge in [0.1, 0.15) is 12.6 Å². The fourth-order valence-corrected chi connectivity index (χ4v) is 4.26. The number of alkyl halides is 3. The van der Waals surface area contributed by atoms with Crippen molar-refractivity contribution in [2.45, 2.75) is 22.0 Å². The summed E-state index contributed by atoms with van der Waals surface area (Å²) in [6, 6.07) is 20.8. The highest BCUT2D eigenvalue weighted by Gasteiger charge is 2.30. The Morgan fingerprint density at radius 2 is 1.55 bits per heavy atom. The average molecular weight is 415 g/mol. The molecule has 3 aromatic rings. The van der Waals surface area contributed by atoms with E-state index in [2.05, 4.69) is 4.99 Å². The lowest BCUT2D eigenvalue weighted by Crippen LogP contribution is -2.08. The number of halogens is 3. The van der Waals surface area contributed by atoms with E-state index in [1.165, 1.54) is 12.1 Å². The first-order valence-corrected chi connectivity index (χ1v) is 10.0. The summed E-state index contributed by atoms with van der Waals surface area (Å²) in [5, 5.41) is 0. The first-order valence-electron chi connectivity index (χ1n) is 8.87. The average Bonchev–Trinajstić information content (AvgIpc) is 3.23. The Morgan fingerprint density at radius 1 is 0.897 bits per heavy atom. The van der Waals surface area contributed by atoms with E-state index in [9.17, 15) is 17.4 Å². The smallest absolute Gasteiger partial charge is 0.416 e. The van der Waals surface area contributed by atoms with Gasteiger partial charge in [0, 0.05) is 4.90 Å². The minimum Gasteiger partial charge on any atom is -0.475 e. The maximum absolute atomic E-state index is 13.1. The molecule has 1 heterocycles.